The Morgan fingerprint density at radius 1 is 1.35 bits per heavy atom. The van der Waals surface area contributed by atoms with E-state index >= 15 is 0 Å². The van der Waals surface area contributed by atoms with Crippen LogP contribution in [0.4, 0.5) is 4.79 Å². The number of sulfonamides is 1. The number of hydrogen-bond donors (Lipinski definition) is 3. The molecule has 1 atom stereocenters. The second-order valence-corrected chi connectivity index (χ2v) is 5.86. The zero-order chi connectivity index (χ0) is 13.6. The molecule has 0 saturated heterocycles. The van der Waals surface area contributed by atoms with E-state index < -0.39 is 28.1 Å². The van der Waals surface area contributed by atoms with Gasteiger partial charge in [-0.2, -0.15) is 0 Å². The number of nitrogens with zero attached hydrogens (tertiary/aromatic N) is 1. The lowest BCUT2D eigenvalue weighted by atomic mass is 10.3. The van der Waals surface area contributed by atoms with Gasteiger partial charge in [-0.3, -0.25) is 4.79 Å². The molecule has 0 fully saturated rings. The number of carboxylic acid groups (broad SMARTS) is 1. The summed E-state index contributed by atoms with van der Waals surface area (Å²) in [6, 6.07) is -1.74. The molecule has 0 saturated carbocycles. The Balaban J connectivity index is 3.99. The Morgan fingerprint density at radius 3 is 2.29 bits per heavy atom. The maximum absolute atomic E-state index is 11.3. The highest BCUT2D eigenvalue weighted by molar-refractivity contribution is 7.89. The van der Waals surface area contributed by atoms with Crippen LogP contribution in [0, 0.1) is 0 Å². The summed E-state index contributed by atoms with van der Waals surface area (Å²) < 4.78 is 23.7. The first kappa shape index (κ1) is 15.7. The summed E-state index contributed by atoms with van der Waals surface area (Å²) >= 11 is 0. The molecule has 8 nitrogen and oxygen atoms in total. The molecule has 0 aromatic heterocycles. The first-order valence-corrected chi connectivity index (χ1v) is 6.45. The predicted octanol–water partition coefficient (Wildman–Crippen LogP) is -1.35. The highest BCUT2D eigenvalue weighted by Crippen LogP contribution is 1.92. The van der Waals surface area contributed by atoms with Gasteiger partial charge < -0.3 is 15.7 Å². The van der Waals surface area contributed by atoms with Crippen LogP contribution in [0.3, 0.4) is 0 Å². The van der Waals surface area contributed by atoms with Gasteiger partial charge in [0.1, 0.15) is 6.04 Å². The first-order chi connectivity index (χ1) is 7.66. The topological polar surface area (TPSA) is 116 Å². The molecule has 2 amide bonds. The fraction of sp³-hybridized carbons (Fsp3) is 0.750. The van der Waals surface area contributed by atoms with Crippen LogP contribution in [0.1, 0.15) is 6.92 Å². The lowest BCUT2D eigenvalue weighted by Gasteiger charge is -2.13. The average molecular weight is 267 g/mol. The van der Waals surface area contributed by atoms with Gasteiger partial charge in [-0.15, -0.1) is 0 Å². The number of amides is 2. The van der Waals surface area contributed by atoms with Gasteiger partial charge in [-0.25, -0.2) is 17.5 Å². The lowest BCUT2D eigenvalue weighted by Crippen LogP contribution is -2.45. The van der Waals surface area contributed by atoms with Gasteiger partial charge in [0, 0.05) is 20.6 Å². The summed E-state index contributed by atoms with van der Waals surface area (Å²) in [6.07, 6.45) is 0. The SMILES string of the molecule is C[C@H](NC(=O)NCCS(=O)(=O)N(C)C)C(=O)O. The van der Waals surface area contributed by atoms with E-state index in [0.717, 1.165) is 4.31 Å². The number of rotatable bonds is 6. The summed E-state index contributed by atoms with van der Waals surface area (Å²) in [5, 5.41) is 12.9. The predicted molar refractivity (Wildman–Crippen MR) is 61.1 cm³/mol. The molecule has 0 aromatic rings. The normalized spacial score (nSPS) is 13.2. The Bertz CT molecular complexity index is 379. The van der Waals surface area contributed by atoms with E-state index in [1.54, 1.807) is 0 Å². The summed E-state index contributed by atoms with van der Waals surface area (Å²) in [4.78, 5) is 21.5. The Morgan fingerprint density at radius 2 is 1.88 bits per heavy atom. The summed E-state index contributed by atoms with van der Waals surface area (Å²) in [7, 11) is -0.583. The van der Waals surface area contributed by atoms with Crippen molar-refractivity contribution in [2.24, 2.45) is 0 Å². The minimum Gasteiger partial charge on any atom is -0.480 e. The van der Waals surface area contributed by atoms with Gasteiger partial charge in [0.25, 0.3) is 0 Å². The van der Waals surface area contributed by atoms with E-state index in [2.05, 4.69) is 10.6 Å². The van der Waals surface area contributed by atoms with Crippen LogP contribution in [0.2, 0.25) is 0 Å². The molecular formula is C8H17N3O5S. The molecule has 0 rings (SSSR count). The third-order valence-corrected chi connectivity index (χ3v) is 3.75. The molecule has 0 unspecified atom stereocenters. The molecule has 9 heteroatoms. The summed E-state index contributed by atoms with van der Waals surface area (Å²) in [5.41, 5.74) is 0. The second kappa shape index (κ2) is 6.40. The minimum atomic E-state index is -3.36. The van der Waals surface area contributed by atoms with Crippen molar-refractivity contribution in [1.29, 1.82) is 0 Å². The molecule has 0 spiro atoms. The van der Waals surface area contributed by atoms with Gasteiger partial charge in [-0.1, -0.05) is 0 Å². The lowest BCUT2D eigenvalue weighted by molar-refractivity contribution is -0.138. The molecule has 0 aliphatic carbocycles. The second-order valence-electron chi connectivity index (χ2n) is 3.56. The average Bonchev–Trinajstić information content (AvgIpc) is 2.16. The van der Waals surface area contributed by atoms with E-state index in [0.29, 0.717) is 0 Å². The highest BCUT2D eigenvalue weighted by atomic mass is 32.2. The van der Waals surface area contributed by atoms with Crippen molar-refractivity contribution < 1.29 is 23.1 Å². The molecule has 17 heavy (non-hydrogen) atoms. The van der Waals surface area contributed by atoms with Crippen molar-refractivity contribution in [3.05, 3.63) is 0 Å². The number of urea groups is 1. The van der Waals surface area contributed by atoms with Crippen molar-refractivity contribution in [2.45, 2.75) is 13.0 Å². The Hall–Kier alpha value is -1.35. The van der Waals surface area contributed by atoms with Gasteiger partial charge in [0.2, 0.25) is 10.0 Å². The van der Waals surface area contributed by atoms with Crippen LogP contribution in [0.5, 0.6) is 0 Å². The zero-order valence-corrected chi connectivity index (χ0v) is 10.7. The molecule has 0 aromatic carbocycles. The van der Waals surface area contributed by atoms with Crippen LogP contribution in [-0.4, -0.2) is 62.3 Å². The van der Waals surface area contributed by atoms with Crippen molar-refractivity contribution >= 4 is 22.0 Å². The van der Waals surface area contributed by atoms with Gasteiger partial charge >= 0.3 is 12.0 Å². The molecule has 100 valence electrons. The largest absolute Gasteiger partial charge is 0.480 e. The van der Waals surface area contributed by atoms with E-state index in [-0.39, 0.29) is 12.3 Å². The van der Waals surface area contributed by atoms with E-state index in [1.165, 1.54) is 21.0 Å². The highest BCUT2D eigenvalue weighted by Gasteiger charge is 2.16. The van der Waals surface area contributed by atoms with Gasteiger partial charge in [0.15, 0.2) is 0 Å². The number of aliphatic carboxylic acids is 1. The zero-order valence-electron chi connectivity index (χ0n) is 9.93. The molecule has 3 N–H and O–H groups in total. The van der Waals surface area contributed by atoms with Crippen molar-refractivity contribution in [2.75, 3.05) is 26.4 Å². The molecular weight excluding hydrogens is 250 g/mol. The fourth-order valence-electron chi connectivity index (χ4n) is 0.786. The van der Waals surface area contributed by atoms with E-state index in [1.807, 2.05) is 0 Å². The van der Waals surface area contributed by atoms with Crippen LogP contribution < -0.4 is 10.6 Å². The van der Waals surface area contributed by atoms with Crippen LogP contribution in [-0.2, 0) is 14.8 Å². The number of carbonyl (C=O) groups excluding carboxylic acids is 1. The minimum absolute atomic E-state index is 0.0846. The smallest absolute Gasteiger partial charge is 0.325 e. The summed E-state index contributed by atoms with van der Waals surface area (Å²) in [6.45, 7) is 1.22. The van der Waals surface area contributed by atoms with Crippen molar-refractivity contribution in [3.8, 4) is 0 Å². The quantitative estimate of drug-likeness (QED) is 0.550. The molecule has 0 heterocycles. The van der Waals surface area contributed by atoms with Crippen LogP contribution in [0.25, 0.3) is 0 Å². The molecule has 0 radical (unpaired) electrons. The Kier molecular flexibility index (Phi) is 5.89. The van der Waals surface area contributed by atoms with Gasteiger partial charge in [0.05, 0.1) is 5.75 Å². The molecule has 0 bridgehead atoms. The van der Waals surface area contributed by atoms with Crippen LogP contribution >= 0.6 is 0 Å². The first-order valence-electron chi connectivity index (χ1n) is 4.84. The standard InChI is InChI=1S/C8H17N3O5S/c1-6(7(12)13)10-8(14)9-4-5-17(15,16)11(2)3/h6H,4-5H2,1-3H3,(H,12,13)(H2,9,10,14)/t6-/m0/s1. The van der Waals surface area contributed by atoms with E-state index in [9.17, 15) is 18.0 Å². The maximum atomic E-state index is 11.3. The van der Waals surface area contributed by atoms with E-state index in [4.69, 9.17) is 5.11 Å². The number of hydrogen-bond acceptors (Lipinski definition) is 4. The van der Waals surface area contributed by atoms with Crippen LogP contribution in [0.15, 0.2) is 0 Å². The maximum Gasteiger partial charge on any atom is 0.325 e. The van der Waals surface area contributed by atoms with Crippen molar-refractivity contribution in [3.63, 3.8) is 0 Å². The fourth-order valence-corrected chi connectivity index (χ4v) is 1.51. The summed E-state index contributed by atoms with van der Waals surface area (Å²) in [5.74, 6) is -1.41. The monoisotopic (exact) mass is 267 g/mol. The number of nitrogens with one attached hydrogen (secondary N) is 2. The Labute approximate surface area is 100 Å². The van der Waals surface area contributed by atoms with Crippen molar-refractivity contribution in [1.82, 2.24) is 14.9 Å². The molecule has 0 aliphatic heterocycles. The third-order valence-electron chi connectivity index (χ3n) is 1.92. The van der Waals surface area contributed by atoms with Gasteiger partial charge in [-0.05, 0) is 6.92 Å². The molecule has 0 aliphatic rings. The number of carbonyl (C=O) groups is 2. The third kappa shape index (κ3) is 6.07. The number of carboxylic acids is 1.